The van der Waals surface area contributed by atoms with Gasteiger partial charge in [-0.15, -0.1) is 0 Å². The van der Waals surface area contributed by atoms with Gasteiger partial charge in [-0.2, -0.15) is 0 Å². The molecule has 0 unspecified atom stereocenters. The molecule has 6 heteroatoms. The summed E-state index contributed by atoms with van der Waals surface area (Å²) in [5.74, 6) is -0.952. The minimum atomic E-state index is -0.661. The van der Waals surface area contributed by atoms with Crippen LogP contribution in [0.3, 0.4) is 0 Å². The Morgan fingerprint density at radius 3 is 2.30 bits per heavy atom. The Bertz CT molecular complexity index is 583. The summed E-state index contributed by atoms with van der Waals surface area (Å²) in [5, 5.41) is 0.540. The monoisotopic (exact) mass is 313 g/mol. The van der Waals surface area contributed by atoms with Crippen molar-refractivity contribution in [3.8, 4) is 0 Å². The van der Waals surface area contributed by atoms with E-state index in [1.807, 2.05) is 0 Å². The number of rotatable bonds is 4. The smallest absolute Gasteiger partial charge is 0.341 e. The number of hydrogen-bond donors (Lipinski definition) is 1. The van der Waals surface area contributed by atoms with Gasteiger partial charge in [0, 0.05) is 5.92 Å². The molecule has 1 aromatic rings. The lowest BCUT2D eigenvalue weighted by Gasteiger charge is -2.06. The average molecular weight is 314 g/mol. The van der Waals surface area contributed by atoms with Crippen molar-refractivity contribution in [3.05, 3.63) is 33.3 Å². The van der Waals surface area contributed by atoms with Crippen LogP contribution < -0.4 is 5.73 Å². The molecule has 0 radical (unpaired) electrons. The number of esters is 1. The van der Waals surface area contributed by atoms with Crippen molar-refractivity contribution in [1.29, 1.82) is 0 Å². The van der Waals surface area contributed by atoms with Gasteiger partial charge in [-0.3, -0.25) is 4.79 Å². The SMILES string of the molecule is COC(=O)/C(=C/c1cc(Cl)c(N)c(Cl)c1)C(=O)C1CC1. The lowest BCUT2D eigenvalue weighted by atomic mass is 10.0. The third kappa shape index (κ3) is 3.14. The van der Waals surface area contributed by atoms with E-state index < -0.39 is 5.97 Å². The number of nitrogens with two attached hydrogens (primary N) is 1. The van der Waals surface area contributed by atoms with Crippen molar-refractivity contribution in [3.63, 3.8) is 0 Å². The van der Waals surface area contributed by atoms with Crippen molar-refractivity contribution in [2.45, 2.75) is 12.8 Å². The summed E-state index contributed by atoms with van der Waals surface area (Å²) in [6.45, 7) is 0. The van der Waals surface area contributed by atoms with Crippen LogP contribution in [0.2, 0.25) is 10.0 Å². The lowest BCUT2D eigenvalue weighted by molar-refractivity contribution is -0.137. The minimum Gasteiger partial charge on any atom is -0.465 e. The lowest BCUT2D eigenvalue weighted by Crippen LogP contribution is -2.15. The molecule has 2 rings (SSSR count). The molecule has 20 heavy (non-hydrogen) atoms. The number of methoxy groups -OCH3 is 1. The van der Waals surface area contributed by atoms with Gasteiger partial charge in [-0.05, 0) is 36.6 Å². The van der Waals surface area contributed by atoms with Gasteiger partial charge in [0.1, 0.15) is 5.57 Å². The van der Waals surface area contributed by atoms with Crippen molar-refractivity contribution in [1.82, 2.24) is 0 Å². The largest absolute Gasteiger partial charge is 0.465 e. The van der Waals surface area contributed by atoms with E-state index in [4.69, 9.17) is 28.9 Å². The molecule has 0 spiro atoms. The Kier molecular flexibility index (Phi) is 4.35. The zero-order valence-electron chi connectivity index (χ0n) is 10.8. The quantitative estimate of drug-likeness (QED) is 0.305. The highest BCUT2D eigenvalue weighted by molar-refractivity contribution is 6.39. The highest BCUT2D eigenvalue weighted by Gasteiger charge is 2.34. The highest BCUT2D eigenvalue weighted by Crippen LogP contribution is 2.34. The molecular formula is C14H13Cl2NO3. The van der Waals surface area contributed by atoms with Crippen molar-refractivity contribution in [2.24, 2.45) is 5.92 Å². The van der Waals surface area contributed by atoms with E-state index in [-0.39, 0.29) is 33.0 Å². The number of ether oxygens (including phenoxy) is 1. The number of nitrogen functional groups attached to an aromatic ring is 1. The molecule has 4 nitrogen and oxygen atoms in total. The van der Waals surface area contributed by atoms with Crippen molar-refractivity contribution < 1.29 is 14.3 Å². The summed E-state index contributed by atoms with van der Waals surface area (Å²) in [6, 6.07) is 3.10. The van der Waals surface area contributed by atoms with E-state index in [1.54, 1.807) is 12.1 Å². The second-order valence-corrected chi connectivity index (χ2v) is 5.40. The summed E-state index contributed by atoms with van der Waals surface area (Å²) < 4.78 is 4.65. The summed E-state index contributed by atoms with van der Waals surface area (Å²) in [4.78, 5) is 23.8. The molecule has 1 aromatic carbocycles. The van der Waals surface area contributed by atoms with Crippen LogP contribution in [0.5, 0.6) is 0 Å². The number of Topliss-reactive ketones (excluding diaryl/α,β-unsaturated/α-hetero) is 1. The standard InChI is InChI=1S/C14H13Cl2NO3/c1-20-14(19)9(13(18)8-2-3-8)4-7-5-10(15)12(17)11(16)6-7/h4-6,8H,2-3,17H2,1H3/b9-4+. The average Bonchev–Trinajstić information content (AvgIpc) is 3.24. The van der Waals surface area contributed by atoms with Crippen LogP contribution in [-0.2, 0) is 14.3 Å². The maximum Gasteiger partial charge on any atom is 0.341 e. The molecule has 0 heterocycles. The maximum absolute atomic E-state index is 12.1. The molecule has 2 N–H and O–H groups in total. The van der Waals surface area contributed by atoms with E-state index in [1.165, 1.54) is 13.2 Å². The fourth-order valence-corrected chi connectivity index (χ4v) is 2.26. The predicted molar refractivity (Wildman–Crippen MR) is 78.6 cm³/mol. The second-order valence-electron chi connectivity index (χ2n) is 4.59. The zero-order valence-corrected chi connectivity index (χ0v) is 12.3. The molecular weight excluding hydrogens is 301 g/mol. The third-order valence-electron chi connectivity index (χ3n) is 3.03. The topological polar surface area (TPSA) is 69.4 Å². The molecule has 1 aliphatic carbocycles. The first-order valence-corrected chi connectivity index (χ1v) is 6.78. The van der Waals surface area contributed by atoms with Gasteiger partial charge in [0.25, 0.3) is 0 Å². The number of carbonyl (C=O) groups excluding carboxylic acids is 2. The predicted octanol–water partition coefficient (Wildman–Crippen LogP) is 3.11. The molecule has 1 saturated carbocycles. The number of ketones is 1. The fourth-order valence-electron chi connectivity index (χ4n) is 1.76. The van der Waals surface area contributed by atoms with E-state index in [0.29, 0.717) is 5.56 Å². The molecule has 0 aromatic heterocycles. The molecule has 1 fully saturated rings. The van der Waals surface area contributed by atoms with Crippen LogP contribution >= 0.6 is 23.2 Å². The van der Waals surface area contributed by atoms with Gasteiger partial charge in [-0.1, -0.05) is 23.2 Å². The Labute approximate surface area is 126 Å². The third-order valence-corrected chi connectivity index (χ3v) is 3.66. The van der Waals surface area contributed by atoms with Gasteiger partial charge >= 0.3 is 5.97 Å². The van der Waals surface area contributed by atoms with Gasteiger partial charge in [0.2, 0.25) is 0 Å². The molecule has 106 valence electrons. The molecule has 0 aliphatic heterocycles. The van der Waals surface area contributed by atoms with Crippen LogP contribution in [0, 0.1) is 5.92 Å². The zero-order chi connectivity index (χ0) is 14.9. The number of benzene rings is 1. The van der Waals surface area contributed by atoms with Crippen LogP contribution in [0.4, 0.5) is 5.69 Å². The first kappa shape index (κ1) is 14.9. The fraction of sp³-hybridized carbons (Fsp3) is 0.286. The van der Waals surface area contributed by atoms with Crippen molar-refractivity contribution >= 4 is 46.7 Å². The maximum atomic E-state index is 12.1. The first-order chi connectivity index (χ1) is 9.43. The van der Waals surface area contributed by atoms with Crippen LogP contribution in [0.15, 0.2) is 17.7 Å². The van der Waals surface area contributed by atoms with Crippen LogP contribution in [-0.4, -0.2) is 18.9 Å². The van der Waals surface area contributed by atoms with Gasteiger partial charge < -0.3 is 10.5 Å². The summed E-state index contributed by atoms with van der Waals surface area (Å²) >= 11 is 11.9. The number of carbonyl (C=O) groups is 2. The summed E-state index contributed by atoms with van der Waals surface area (Å²) in [5.41, 5.74) is 6.44. The molecule has 0 bridgehead atoms. The Morgan fingerprint density at radius 2 is 1.85 bits per heavy atom. The van der Waals surface area contributed by atoms with E-state index in [0.717, 1.165) is 12.8 Å². The van der Waals surface area contributed by atoms with Gasteiger partial charge in [-0.25, -0.2) is 4.79 Å². The summed E-state index contributed by atoms with van der Waals surface area (Å²) in [6.07, 6.45) is 3.04. The number of anilines is 1. The molecule has 0 saturated heterocycles. The Hall–Kier alpha value is -1.52. The molecule has 0 amide bonds. The first-order valence-electron chi connectivity index (χ1n) is 6.02. The van der Waals surface area contributed by atoms with Gasteiger partial charge in [0.15, 0.2) is 5.78 Å². The highest BCUT2D eigenvalue weighted by atomic mass is 35.5. The normalized spacial score (nSPS) is 15.1. The van der Waals surface area contributed by atoms with Gasteiger partial charge in [0.05, 0.1) is 22.8 Å². The number of halogens is 2. The van der Waals surface area contributed by atoms with Crippen molar-refractivity contribution in [2.75, 3.05) is 12.8 Å². The second kappa shape index (κ2) is 5.85. The van der Waals surface area contributed by atoms with E-state index >= 15 is 0 Å². The van der Waals surface area contributed by atoms with E-state index in [9.17, 15) is 9.59 Å². The number of hydrogen-bond acceptors (Lipinski definition) is 4. The van der Waals surface area contributed by atoms with Crippen LogP contribution in [0.25, 0.3) is 6.08 Å². The Balaban J connectivity index is 2.42. The Morgan fingerprint density at radius 1 is 1.30 bits per heavy atom. The minimum absolute atomic E-state index is 0.00639. The molecule has 1 aliphatic rings. The van der Waals surface area contributed by atoms with E-state index in [2.05, 4.69) is 4.74 Å². The van der Waals surface area contributed by atoms with Crippen LogP contribution in [0.1, 0.15) is 18.4 Å². The summed E-state index contributed by atoms with van der Waals surface area (Å²) in [7, 11) is 1.24. The molecule has 0 atom stereocenters.